The second kappa shape index (κ2) is 6.65. The lowest BCUT2D eigenvalue weighted by Crippen LogP contribution is -2.04. The van der Waals surface area contributed by atoms with E-state index in [0.29, 0.717) is 12.3 Å². The van der Waals surface area contributed by atoms with Crippen molar-refractivity contribution >= 4 is 21.9 Å². The van der Waals surface area contributed by atoms with Crippen LogP contribution in [0, 0.1) is 5.92 Å². The summed E-state index contributed by atoms with van der Waals surface area (Å²) in [6.45, 7) is 2.14. The van der Waals surface area contributed by atoms with Gasteiger partial charge in [0, 0.05) is 11.8 Å². The zero-order chi connectivity index (χ0) is 8.69. The van der Waals surface area contributed by atoms with Crippen LogP contribution in [0.3, 0.4) is 0 Å². The van der Waals surface area contributed by atoms with Gasteiger partial charge in [0.05, 0.1) is 7.11 Å². The van der Waals surface area contributed by atoms with E-state index in [-0.39, 0.29) is 5.97 Å². The summed E-state index contributed by atoms with van der Waals surface area (Å²) in [6.07, 6.45) is 2.60. The molecular formula is C8H15BrO2. The summed E-state index contributed by atoms with van der Waals surface area (Å²) in [5.74, 6) is 0.500. The molecular weight excluding hydrogens is 208 g/mol. The van der Waals surface area contributed by atoms with Gasteiger partial charge in [0.25, 0.3) is 0 Å². The molecule has 0 spiro atoms. The Labute approximate surface area is 76.4 Å². The molecule has 0 saturated heterocycles. The minimum Gasteiger partial charge on any atom is -0.469 e. The number of alkyl halides is 1. The van der Waals surface area contributed by atoms with E-state index >= 15 is 0 Å². The highest BCUT2D eigenvalue weighted by atomic mass is 79.9. The van der Waals surface area contributed by atoms with E-state index in [9.17, 15) is 4.79 Å². The van der Waals surface area contributed by atoms with E-state index < -0.39 is 0 Å². The third-order valence-corrected chi connectivity index (χ3v) is 2.13. The van der Waals surface area contributed by atoms with Crippen molar-refractivity contribution in [3.8, 4) is 0 Å². The van der Waals surface area contributed by atoms with Crippen LogP contribution in [-0.2, 0) is 9.53 Å². The molecule has 0 aromatic heterocycles. The lowest BCUT2D eigenvalue weighted by Gasteiger charge is -2.06. The van der Waals surface area contributed by atoms with Crippen LogP contribution in [0.15, 0.2) is 0 Å². The summed E-state index contributed by atoms with van der Waals surface area (Å²) in [5, 5.41) is 1.01. The first kappa shape index (κ1) is 11.0. The first-order valence-corrected chi connectivity index (χ1v) is 4.95. The zero-order valence-electron chi connectivity index (χ0n) is 7.10. The number of esters is 1. The van der Waals surface area contributed by atoms with Gasteiger partial charge in [-0.05, 0) is 18.8 Å². The van der Waals surface area contributed by atoms with Crippen molar-refractivity contribution < 1.29 is 9.53 Å². The van der Waals surface area contributed by atoms with E-state index in [1.54, 1.807) is 0 Å². The molecule has 1 atom stereocenters. The summed E-state index contributed by atoms with van der Waals surface area (Å²) in [5.41, 5.74) is 0. The van der Waals surface area contributed by atoms with E-state index in [1.807, 2.05) is 0 Å². The lowest BCUT2D eigenvalue weighted by molar-refractivity contribution is -0.140. The van der Waals surface area contributed by atoms with Gasteiger partial charge in [-0.1, -0.05) is 22.9 Å². The Bertz CT molecular complexity index is 115. The molecule has 0 aromatic rings. The molecule has 0 aliphatic heterocycles. The van der Waals surface area contributed by atoms with Crippen molar-refractivity contribution in [3.05, 3.63) is 0 Å². The molecule has 0 aliphatic rings. The second-order valence-corrected chi connectivity index (χ2v) is 3.49. The predicted octanol–water partition coefficient (Wildman–Crippen LogP) is 2.36. The van der Waals surface area contributed by atoms with Crippen molar-refractivity contribution in [2.45, 2.75) is 26.2 Å². The highest BCUT2D eigenvalue weighted by molar-refractivity contribution is 9.09. The summed E-state index contributed by atoms with van der Waals surface area (Å²) >= 11 is 3.36. The Morgan fingerprint density at radius 3 is 2.64 bits per heavy atom. The fraction of sp³-hybridized carbons (Fsp3) is 0.875. The summed E-state index contributed by atoms with van der Waals surface area (Å²) in [4.78, 5) is 10.7. The number of carbonyl (C=O) groups is 1. The van der Waals surface area contributed by atoms with Gasteiger partial charge in [-0.15, -0.1) is 0 Å². The van der Waals surface area contributed by atoms with Gasteiger partial charge in [0.2, 0.25) is 0 Å². The van der Waals surface area contributed by atoms with E-state index in [2.05, 4.69) is 27.6 Å². The SMILES string of the molecule is COC(=O)CC[C@@H](C)CCBr. The Hall–Kier alpha value is -0.0500. The Morgan fingerprint density at radius 1 is 1.55 bits per heavy atom. The van der Waals surface area contributed by atoms with Gasteiger partial charge in [-0.3, -0.25) is 4.79 Å². The smallest absolute Gasteiger partial charge is 0.305 e. The Balaban J connectivity index is 3.29. The number of halogens is 1. The molecule has 0 fully saturated rings. The monoisotopic (exact) mass is 222 g/mol. The Kier molecular flexibility index (Phi) is 6.62. The molecule has 0 rings (SSSR count). The minimum atomic E-state index is -0.105. The Morgan fingerprint density at radius 2 is 2.18 bits per heavy atom. The summed E-state index contributed by atoms with van der Waals surface area (Å²) in [7, 11) is 1.43. The van der Waals surface area contributed by atoms with Crippen molar-refractivity contribution in [2.24, 2.45) is 5.92 Å². The molecule has 0 aliphatic carbocycles. The van der Waals surface area contributed by atoms with Crippen molar-refractivity contribution in [1.82, 2.24) is 0 Å². The molecule has 2 nitrogen and oxygen atoms in total. The maximum atomic E-state index is 10.7. The highest BCUT2D eigenvalue weighted by Gasteiger charge is 2.05. The molecule has 11 heavy (non-hydrogen) atoms. The van der Waals surface area contributed by atoms with Crippen LogP contribution in [0.5, 0.6) is 0 Å². The van der Waals surface area contributed by atoms with E-state index in [4.69, 9.17) is 0 Å². The van der Waals surface area contributed by atoms with Gasteiger partial charge >= 0.3 is 5.97 Å². The number of rotatable bonds is 5. The minimum absolute atomic E-state index is 0.105. The van der Waals surface area contributed by atoms with Crippen molar-refractivity contribution in [3.63, 3.8) is 0 Å². The first-order valence-electron chi connectivity index (χ1n) is 3.83. The average molecular weight is 223 g/mol. The standard InChI is InChI=1S/C8H15BrO2/c1-7(5-6-9)3-4-8(10)11-2/h7H,3-6H2,1-2H3/t7-/m1/s1. The number of carbonyl (C=O) groups excluding carboxylic acids is 1. The van der Waals surface area contributed by atoms with Gasteiger partial charge < -0.3 is 4.74 Å². The molecule has 0 amide bonds. The maximum Gasteiger partial charge on any atom is 0.305 e. The number of hydrogen-bond acceptors (Lipinski definition) is 2. The van der Waals surface area contributed by atoms with Crippen LogP contribution in [0.2, 0.25) is 0 Å². The molecule has 0 heterocycles. The number of ether oxygens (including phenoxy) is 1. The maximum absolute atomic E-state index is 10.7. The number of hydrogen-bond donors (Lipinski definition) is 0. The van der Waals surface area contributed by atoms with E-state index in [0.717, 1.165) is 18.2 Å². The summed E-state index contributed by atoms with van der Waals surface area (Å²) in [6, 6.07) is 0. The largest absolute Gasteiger partial charge is 0.469 e. The summed E-state index contributed by atoms with van der Waals surface area (Å²) < 4.78 is 4.53. The normalized spacial score (nSPS) is 12.6. The van der Waals surface area contributed by atoms with Crippen molar-refractivity contribution in [2.75, 3.05) is 12.4 Å². The zero-order valence-corrected chi connectivity index (χ0v) is 8.69. The van der Waals surface area contributed by atoms with Crippen molar-refractivity contribution in [1.29, 1.82) is 0 Å². The van der Waals surface area contributed by atoms with Crippen LogP contribution in [0.1, 0.15) is 26.2 Å². The molecule has 0 bridgehead atoms. The molecule has 0 aromatic carbocycles. The average Bonchev–Trinajstić information content (AvgIpc) is 2.01. The quantitative estimate of drug-likeness (QED) is 0.528. The fourth-order valence-corrected chi connectivity index (χ4v) is 1.58. The van der Waals surface area contributed by atoms with Gasteiger partial charge in [-0.25, -0.2) is 0 Å². The van der Waals surface area contributed by atoms with Gasteiger partial charge in [-0.2, -0.15) is 0 Å². The second-order valence-electron chi connectivity index (χ2n) is 2.70. The first-order chi connectivity index (χ1) is 5.20. The highest BCUT2D eigenvalue weighted by Crippen LogP contribution is 2.11. The van der Waals surface area contributed by atoms with E-state index in [1.165, 1.54) is 7.11 Å². The van der Waals surface area contributed by atoms with Crippen LogP contribution in [0.25, 0.3) is 0 Å². The third kappa shape index (κ3) is 6.35. The molecule has 0 unspecified atom stereocenters. The predicted molar refractivity (Wildman–Crippen MR) is 48.8 cm³/mol. The third-order valence-electron chi connectivity index (χ3n) is 1.67. The molecule has 0 saturated carbocycles. The molecule has 66 valence electrons. The topological polar surface area (TPSA) is 26.3 Å². The fourth-order valence-electron chi connectivity index (χ4n) is 0.797. The van der Waals surface area contributed by atoms with Gasteiger partial charge in [0.15, 0.2) is 0 Å². The van der Waals surface area contributed by atoms with Crippen LogP contribution < -0.4 is 0 Å². The van der Waals surface area contributed by atoms with Gasteiger partial charge in [0.1, 0.15) is 0 Å². The van der Waals surface area contributed by atoms with Crippen LogP contribution in [0.4, 0.5) is 0 Å². The van der Waals surface area contributed by atoms with Crippen LogP contribution >= 0.6 is 15.9 Å². The number of methoxy groups -OCH3 is 1. The molecule has 3 heteroatoms. The molecule has 0 N–H and O–H groups in total. The molecule has 0 radical (unpaired) electrons. The lowest BCUT2D eigenvalue weighted by atomic mass is 10.0. The van der Waals surface area contributed by atoms with Crippen LogP contribution in [-0.4, -0.2) is 18.4 Å².